The average molecular weight is 297 g/mol. The number of carbonyl (C=O) groups is 1. The number of nitrogens with zero attached hydrogens (tertiary/aromatic N) is 2. The van der Waals surface area contributed by atoms with Crippen LogP contribution in [0.4, 0.5) is 5.69 Å². The van der Waals surface area contributed by atoms with E-state index in [1.807, 2.05) is 25.1 Å². The molecule has 2 rings (SSSR count). The molecule has 1 aromatic carbocycles. The van der Waals surface area contributed by atoms with Crippen LogP contribution < -0.4 is 5.73 Å². The minimum atomic E-state index is -0.562. The Morgan fingerprint density at radius 3 is 2.64 bits per heavy atom. The van der Waals surface area contributed by atoms with Crippen LogP contribution in [-0.4, -0.2) is 17.6 Å². The first-order valence-corrected chi connectivity index (χ1v) is 7.00. The second kappa shape index (κ2) is 5.94. The summed E-state index contributed by atoms with van der Waals surface area (Å²) in [6, 6.07) is 8.06. The number of carbonyl (C=O) groups excluding carboxylic acids is 1. The van der Waals surface area contributed by atoms with Gasteiger partial charge >= 0.3 is 5.97 Å². The smallest absolute Gasteiger partial charge is 0.357 e. The molecule has 5 nitrogen and oxygen atoms in total. The van der Waals surface area contributed by atoms with Gasteiger partial charge in [0.15, 0.2) is 5.69 Å². The summed E-state index contributed by atoms with van der Waals surface area (Å²) in [6.07, 6.45) is 1.58. The summed E-state index contributed by atoms with van der Waals surface area (Å²) >= 11 is 0. The van der Waals surface area contributed by atoms with Crippen molar-refractivity contribution in [2.24, 2.45) is 0 Å². The van der Waals surface area contributed by atoms with Crippen LogP contribution in [-0.2, 0) is 4.74 Å². The fourth-order valence-corrected chi connectivity index (χ4v) is 2.35. The Hall–Kier alpha value is -2.74. The molecule has 0 saturated heterocycles. The number of nitriles is 1. The number of methoxy groups -OCH3 is 1. The van der Waals surface area contributed by atoms with Gasteiger partial charge in [0.2, 0.25) is 0 Å². The molecule has 0 aliphatic heterocycles. The van der Waals surface area contributed by atoms with Crippen LogP contribution in [0.25, 0.3) is 5.69 Å². The maximum absolute atomic E-state index is 12.1. The third-order valence-electron chi connectivity index (χ3n) is 3.70. The van der Waals surface area contributed by atoms with Crippen LogP contribution >= 0.6 is 0 Å². The molecule has 0 saturated carbocycles. The fraction of sp³-hybridized carbons (Fsp3) is 0.294. The summed E-state index contributed by atoms with van der Waals surface area (Å²) in [5.74, 6) is -0.211. The van der Waals surface area contributed by atoms with Gasteiger partial charge in [-0.25, -0.2) is 4.79 Å². The van der Waals surface area contributed by atoms with Gasteiger partial charge in [-0.3, -0.25) is 0 Å². The average Bonchev–Trinajstić information content (AvgIpc) is 2.83. The van der Waals surface area contributed by atoms with Gasteiger partial charge in [0, 0.05) is 11.9 Å². The van der Waals surface area contributed by atoms with Crippen molar-refractivity contribution in [2.75, 3.05) is 12.8 Å². The first-order valence-electron chi connectivity index (χ1n) is 7.00. The molecule has 1 aromatic heterocycles. The van der Waals surface area contributed by atoms with Gasteiger partial charge < -0.3 is 15.0 Å². The summed E-state index contributed by atoms with van der Waals surface area (Å²) < 4.78 is 6.45. The number of aromatic nitrogens is 1. The Morgan fingerprint density at radius 1 is 1.41 bits per heavy atom. The molecule has 0 spiro atoms. The van der Waals surface area contributed by atoms with Crippen molar-refractivity contribution in [3.63, 3.8) is 0 Å². The van der Waals surface area contributed by atoms with Crippen molar-refractivity contribution in [1.29, 1.82) is 5.26 Å². The molecule has 0 aliphatic rings. The molecule has 0 amide bonds. The lowest BCUT2D eigenvalue weighted by molar-refractivity contribution is 0.0593. The molecule has 0 fully saturated rings. The predicted molar refractivity (Wildman–Crippen MR) is 85.1 cm³/mol. The number of aryl methyl sites for hydroxylation is 1. The lowest BCUT2D eigenvalue weighted by Crippen LogP contribution is -2.12. The number of hydrogen-bond donors (Lipinski definition) is 1. The van der Waals surface area contributed by atoms with E-state index < -0.39 is 5.97 Å². The third-order valence-corrected chi connectivity index (χ3v) is 3.70. The van der Waals surface area contributed by atoms with E-state index in [1.165, 1.54) is 7.11 Å². The Balaban J connectivity index is 2.75. The lowest BCUT2D eigenvalue weighted by Gasteiger charge is -2.14. The largest absolute Gasteiger partial charge is 0.464 e. The van der Waals surface area contributed by atoms with E-state index in [0.717, 1.165) is 16.8 Å². The number of ether oxygens (including phenoxy) is 1. The van der Waals surface area contributed by atoms with Crippen LogP contribution in [0, 0.1) is 18.3 Å². The topological polar surface area (TPSA) is 81.0 Å². The first kappa shape index (κ1) is 15.6. The molecule has 22 heavy (non-hydrogen) atoms. The molecule has 0 radical (unpaired) electrons. The Kier molecular flexibility index (Phi) is 4.22. The van der Waals surface area contributed by atoms with Gasteiger partial charge in [0.25, 0.3) is 0 Å². The van der Waals surface area contributed by atoms with Crippen LogP contribution in [0.3, 0.4) is 0 Å². The standard InChI is InChI=1S/C17H19N3O2/c1-10(2)12-6-5-11(3)14(7-12)20-9-13(8-18)15(19)16(20)17(21)22-4/h5-7,9-10H,19H2,1-4H3. The van der Waals surface area contributed by atoms with Crippen molar-refractivity contribution in [3.05, 3.63) is 46.8 Å². The number of nitrogens with two attached hydrogens (primary N) is 1. The summed E-state index contributed by atoms with van der Waals surface area (Å²) in [5, 5.41) is 9.17. The zero-order valence-corrected chi connectivity index (χ0v) is 13.2. The monoisotopic (exact) mass is 297 g/mol. The fourth-order valence-electron chi connectivity index (χ4n) is 2.35. The quantitative estimate of drug-likeness (QED) is 0.882. The van der Waals surface area contributed by atoms with Gasteiger partial charge in [-0.15, -0.1) is 0 Å². The molecule has 0 aliphatic carbocycles. The lowest BCUT2D eigenvalue weighted by atomic mass is 10.0. The molecule has 1 heterocycles. The van der Waals surface area contributed by atoms with Crippen LogP contribution in [0.15, 0.2) is 24.4 Å². The molecule has 0 atom stereocenters. The minimum absolute atomic E-state index is 0.142. The number of esters is 1. The normalized spacial score (nSPS) is 10.5. The maximum atomic E-state index is 12.1. The minimum Gasteiger partial charge on any atom is -0.464 e. The first-order chi connectivity index (χ1) is 10.4. The SMILES string of the molecule is COC(=O)c1c(N)c(C#N)cn1-c1cc(C(C)C)ccc1C. The molecule has 5 heteroatoms. The highest BCUT2D eigenvalue weighted by molar-refractivity contribution is 5.96. The van der Waals surface area contributed by atoms with E-state index in [4.69, 9.17) is 10.5 Å². The van der Waals surface area contributed by atoms with Crippen molar-refractivity contribution < 1.29 is 9.53 Å². The molecule has 114 valence electrons. The van der Waals surface area contributed by atoms with Crippen molar-refractivity contribution in [1.82, 2.24) is 4.57 Å². The third kappa shape index (κ3) is 2.56. The van der Waals surface area contributed by atoms with Crippen LogP contribution in [0.1, 0.15) is 46.9 Å². The molecular formula is C17H19N3O2. The van der Waals surface area contributed by atoms with E-state index >= 15 is 0 Å². The zero-order valence-electron chi connectivity index (χ0n) is 13.2. The molecule has 2 N–H and O–H groups in total. The van der Waals surface area contributed by atoms with E-state index in [0.29, 0.717) is 5.92 Å². The summed E-state index contributed by atoms with van der Waals surface area (Å²) in [5.41, 5.74) is 9.46. The second-order valence-corrected chi connectivity index (χ2v) is 5.48. The van der Waals surface area contributed by atoms with Crippen molar-refractivity contribution in [3.8, 4) is 11.8 Å². The van der Waals surface area contributed by atoms with Crippen molar-refractivity contribution >= 4 is 11.7 Å². The summed E-state index contributed by atoms with van der Waals surface area (Å²) in [6.45, 7) is 6.14. The second-order valence-electron chi connectivity index (χ2n) is 5.48. The molecule has 2 aromatic rings. The van der Waals surface area contributed by atoms with E-state index in [1.54, 1.807) is 10.8 Å². The van der Waals surface area contributed by atoms with Gasteiger partial charge in [-0.1, -0.05) is 26.0 Å². The molecular weight excluding hydrogens is 278 g/mol. The summed E-state index contributed by atoms with van der Waals surface area (Å²) in [4.78, 5) is 12.1. The highest BCUT2D eigenvalue weighted by Crippen LogP contribution is 2.28. The maximum Gasteiger partial charge on any atom is 0.357 e. The Morgan fingerprint density at radius 2 is 2.09 bits per heavy atom. The highest BCUT2D eigenvalue weighted by atomic mass is 16.5. The van der Waals surface area contributed by atoms with Crippen LogP contribution in [0.2, 0.25) is 0 Å². The zero-order chi connectivity index (χ0) is 16.4. The predicted octanol–water partition coefficient (Wildman–Crippen LogP) is 3.15. The van der Waals surface area contributed by atoms with E-state index in [2.05, 4.69) is 19.9 Å². The highest BCUT2D eigenvalue weighted by Gasteiger charge is 2.22. The van der Waals surface area contributed by atoms with E-state index in [-0.39, 0.29) is 16.9 Å². The number of nitrogen functional groups attached to an aromatic ring is 1. The number of rotatable bonds is 3. The van der Waals surface area contributed by atoms with Crippen molar-refractivity contribution in [2.45, 2.75) is 26.7 Å². The van der Waals surface area contributed by atoms with E-state index in [9.17, 15) is 10.1 Å². The van der Waals surface area contributed by atoms with Crippen LogP contribution in [0.5, 0.6) is 0 Å². The molecule has 0 bridgehead atoms. The Labute approximate surface area is 129 Å². The van der Waals surface area contributed by atoms with Gasteiger partial charge in [-0.05, 0) is 30.0 Å². The number of anilines is 1. The molecule has 0 unspecified atom stereocenters. The number of benzene rings is 1. The van der Waals surface area contributed by atoms with Gasteiger partial charge in [-0.2, -0.15) is 5.26 Å². The Bertz CT molecular complexity index is 767. The van der Waals surface area contributed by atoms with Gasteiger partial charge in [0.05, 0.1) is 18.4 Å². The summed E-state index contributed by atoms with van der Waals surface area (Å²) in [7, 11) is 1.29. The number of hydrogen-bond acceptors (Lipinski definition) is 4. The van der Waals surface area contributed by atoms with Gasteiger partial charge in [0.1, 0.15) is 6.07 Å².